The van der Waals surface area contributed by atoms with E-state index in [2.05, 4.69) is 43.0 Å². The Labute approximate surface area is 168 Å². The Morgan fingerprint density at radius 3 is 2.57 bits per heavy atom. The third-order valence-corrected chi connectivity index (χ3v) is 5.82. The molecule has 3 rings (SSSR count). The molecular formula is C24H32N2O2. The van der Waals surface area contributed by atoms with Crippen molar-refractivity contribution in [2.45, 2.75) is 44.8 Å². The second kappa shape index (κ2) is 8.89. The van der Waals surface area contributed by atoms with E-state index in [1.165, 1.54) is 16.7 Å². The van der Waals surface area contributed by atoms with Gasteiger partial charge in [-0.2, -0.15) is 0 Å². The first kappa shape index (κ1) is 20.6. The van der Waals surface area contributed by atoms with Crippen LogP contribution in [0.1, 0.15) is 42.4 Å². The molecule has 0 saturated carbocycles. The average Bonchev–Trinajstić information content (AvgIpc) is 3.03. The van der Waals surface area contributed by atoms with Crippen LogP contribution in [0.2, 0.25) is 0 Å². The highest BCUT2D eigenvalue weighted by atomic mass is 16.3. The van der Waals surface area contributed by atoms with Gasteiger partial charge in [0.2, 0.25) is 5.91 Å². The largest absolute Gasteiger partial charge is 0.387 e. The summed E-state index contributed by atoms with van der Waals surface area (Å²) in [4.78, 5) is 16.7. The van der Waals surface area contributed by atoms with E-state index in [1.54, 1.807) is 4.90 Å². The number of amides is 1. The van der Waals surface area contributed by atoms with Gasteiger partial charge in [0.05, 0.1) is 12.1 Å². The van der Waals surface area contributed by atoms with Gasteiger partial charge < -0.3 is 10.0 Å². The van der Waals surface area contributed by atoms with Crippen molar-refractivity contribution in [2.75, 3.05) is 26.7 Å². The number of likely N-dealkylation sites (N-methyl/N-ethyl adjacent to an activating group) is 1. The normalized spacial score (nSPS) is 20.9. The van der Waals surface area contributed by atoms with Crippen molar-refractivity contribution in [3.05, 3.63) is 71.3 Å². The van der Waals surface area contributed by atoms with Crippen LogP contribution in [-0.2, 0) is 11.3 Å². The maximum Gasteiger partial charge on any atom is 0.223 e. The van der Waals surface area contributed by atoms with Crippen LogP contribution in [0.25, 0.3) is 0 Å². The van der Waals surface area contributed by atoms with Gasteiger partial charge in [0.1, 0.15) is 0 Å². The van der Waals surface area contributed by atoms with Crippen molar-refractivity contribution in [2.24, 2.45) is 0 Å². The van der Waals surface area contributed by atoms with E-state index < -0.39 is 5.60 Å². The van der Waals surface area contributed by atoms with E-state index in [1.807, 2.05) is 37.4 Å². The van der Waals surface area contributed by atoms with Crippen LogP contribution < -0.4 is 0 Å². The summed E-state index contributed by atoms with van der Waals surface area (Å²) in [6, 6.07) is 18.6. The number of aliphatic hydroxyl groups is 1. The lowest BCUT2D eigenvalue weighted by molar-refractivity contribution is -0.133. The van der Waals surface area contributed by atoms with E-state index >= 15 is 0 Å². The number of nitrogens with zero attached hydrogens (tertiary/aromatic N) is 2. The predicted molar refractivity (Wildman–Crippen MR) is 113 cm³/mol. The Kier molecular flexibility index (Phi) is 6.53. The second-order valence-corrected chi connectivity index (χ2v) is 8.38. The minimum Gasteiger partial charge on any atom is -0.387 e. The number of hydrogen-bond donors (Lipinski definition) is 1. The van der Waals surface area contributed by atoms with Crippen molar-refractivity contribution in [1.29, 1.82) is 0 Å². The average molecular weight is 381 g/mol. The van der Waals surface area contributed by atoms with Gasteiger partial charge in [-0.1, -0.05) is 61.5 Å². The van der Waals surface area contributed by atoms with Crippen LogP contribution in [0.5, 0.6) is 0 Å². The quantitative estimate of drug-likeness (QED) is 0.798. The monoisotopic (exact) mass is 380 g/mol. The molecule has 0 aromatic heterocycles. The Bertz CT molecular complexity index is 792. The molecule has 0 bridgehead atoms. The standard InChI is InChI=1S/C24H32N2O2/c1-19-9-7-8-12-22(19)20(2)15-23(27)25(3)17-24(28)13-14-26(18-24)16-21-10-5-4-6-11-21/h4-12,20,28H,13-18H2,1-3H3/t20-,24-/m0/s1. The number of hydrogen-bond acceptors (Lipinski definition) is 3. The highest BCUT2D eigenvalue weighted by molar-refractivity contribution is 5.77. The fourth-order valence-corrected chi connectivity index (χ4v) is 4.24. The number of likely N-dealkylation sites (tertiary alicyclic amines) is 1. The molecule has 1 aliphatic heterocycles. The molecule has 1 saturated heterocycles. The summed E-state index contributed by atoms with van der Waals surface area (Å²) >= 11 is 0. The molecule has 28 heavy (non-hydrogen) atoms. The summed E-state index contributed by atoms with van der Waals surface area (Å²) in [5, 5.41) is 11.0. The molecule has 0 radical (unpaired) electrons. The van der Waals surface area contributed by atoms with Gasteiger partial charge in [-0.05, 0) is 36.0 Å². The molecule has 4 heteroatoms. The highest BCUT2D eigenvalue weighted by Crippen LogP contribution is 2.26. The third-order valence-electron chi connectivity index (χ3n) is 5.82. The minimum absolute atomic E-state index is 0.0886. The molecule has 1 heterocycles. The fraction of sp³-hybridized carbons (Fsp3) is 0.458. The van der Waals surface area contributed by atoms with Gasteiger partial charge >= 0.3 is 0 Å². The highest BCUT2D eigenvalue weighted by Gasteiger charge is 2.37. The van der Waals surface area contributed by atoms with Crippen LogP contribution in [0.3, 0.4) is 0 Å². The summed E-state index contributed by atoms with van der Waals surface area (Å²) in [7, 11) is 1.81. The topological polar surface area (TPSA) is 43.8 Å². The van der Waals surface area contributed by atoms with Crippen LogP contribution in [0, 0.1) is 6.92 Å². The van der Waals surface area contributed by atoms with Crippen molar-refractivity contribution < 1.29 is 9.90 Å². The third kappa shape index (κ3) is 5.21. The molecule has 2 aromatic carbocycles. The number of carbonyl (C=O) groups excluding carboxylic acids is 1. The van der Waals surface area contributed by atoms with Crippen LogP contribution in [-0.4, -0.2) is 53.1 Å². The van der Waals surface area contributed by atoms with Crippen molar-refractivity contribution in [1.82, 2.24) is 9.80 Å². The van der Waals surface area contributed by atoms with Crippen LogP contribution >= 0.6 is 0 Å². The Balaban J connectivity index is 1.52. The van der Waals surface area contributed by atoms with Gasteiger partial charge in [0.25, 0.3) is 0 Å². The Morgan fingerprint density at radius 2 is 1.86 bits per heavy atom. The summed E-state index contributed by atoms with van der Waals surface area (Å²) in [6.45, 7) is 6.87. The molecular weight excluding hydrogens is 348 g/mol. The molecule has 0 spiro atoms. The molecule has 1 fully saturated rings. The molecule has 150 valence electrons. The van der Waals surface area contributed by atoms with Crippen LogP contribution in [0.4, 0.5) is 0 Å². The number of carbonyl (C=O) groups is 1. The summed E-state index contributed by atoms with van der Waals surface area (Å²) in [6.07, 6.45) is 1.16. The van der Waals surface area contributed by atoms with E-state index in [9.17, 15) is 9.90 Å². The molecule has 1 amide bonds. The lowest BCUT2D eigenvalue weighted by Crippen LogP contribution is -2.45. The van der Waals surface area contributed by atoms with Gasteiger partial charge in [-0.3, -0.25) is 9.69 Å². The van der Waals surface area contributed by atoms with Crippen LogP contribution in [0.15, 0.2) is 54.6 Å². The van der Waals surface area contributed by atoms with Gasteiger partial charge in [0.15, 0.2) is 0 Å². The number of aryl methyl sites for hydroxylation is 1. The lowest BCUT2D eigenvalue weighted by atomic mass is 9.93. The van der Waals surface area contributed by atoms with E-state index in [0.29, 0.717) is 25.9 Å². The molecule has 1 N–H and O–H groups in total. The summed E-state index contributed by atoms with van der Waals surface area (Å²) < 4.78 is 0. The smallest absolute Gasteiger partial charge is 0.223 e. The first-order chi connectivity index (χ1) is 13.4. The number of β-amino-alcohol motifs (C(OH)–C–C–N with tert-alkyl or cyclic N) is 1. The minimum atomic E-state index is -0.828. The second-order valence-electron chi connectivity index (χ2n) is 8.38. The maximum absolute atomic E-state index is 12.7. The van der Waals surface area contributed by atoms with Crippen molar-refractivity contribution in [3.8, 4) is 0 Å². The molecule has 4 nitrogen and oxygen atoms in total. The first-order valence-electron chi connectivity index (χ1n) is 10.1. The molecule has 2 aromatic rings. The summed E-state index contributed by atoms with van der Waals surface area (Å²) in [5.74, 6) is 0.259. The zero-order valence-electron chi connectivity index (χ0n) is 17.3. The lowest BCUT2D eigenvalue weighted by Gasteiger charge is -2.30. The van der Waals surface area contributed by atoms with Crippen molar-refractivity contribution in [3.63, 3.8) is 0 Å². The Morgan fingerprint density at radius 1 is 1.18 bits per heavy atom. The molecule has 2 atom stereocenters. The predicted octanol–water partition coefficient (Wildman–Crippen LogP) is 3.58. The fourth-order valence-electron chi connectivity index (χ4n) is 4.24. The van der Waals surface area contributed by atoms with E-state index in [4.69, 9.17) is 0 Å². The zero-order valence-corrected chi connectivity index (χ0v) is 17.3. The molecule has 0 aliphatic carbocycles. The number of rotatable bonds is 7. The van der Waals surface area contributed by atoms with Gasteiger partial charge in [-0.15, -0.1) is 0 Å². The molecule has 1 aliphatic rings. The van der Waals surface area contributed by atoms with Crippen molar-refractivity contribution >= 4 is 5.91 Å². The first-order valence-corrected chi connectivity index (χ1v) is 10.1. The number of benzene rings is 2. The van der Waals surface area contributed by atoms with Gasteiger partial charge in [0, 0.05) is 33.1 Å². The van der Waals surface area contributed by atoms with E-state index in [-0.39, 0.29) is 11.8 Å². The Hall–Kier alpha value is -2.17. The maximum atomic E-state index is 12.7. The summed E-state index contributed by atoms with van der Waals surface area (Å²) in [5.41, 5.74) is 2.86. The SMILES string of the molecule is Cc1ccccc1[C@@H](C)CC(=O)N(C)C[C@@]1(O)CCN(Cc2ccccc2)C1. The molecule has 0 unspecified atom stereocenters. The van der Waals surface area contributed by atoms with Gasteiger partial charge in [-0.25, -0.2) is 0 Å². The van der Waals surface area contributed by atoms with E-state index in [0.717, 1.165) is 13.1 Å². The zero-order chi connectivity index (χ0) is 20.1.